The van der Waals surface area contributed by atoms with Gasteiger partial charge < -0.3 is 15.4 Å². The Hall–Kier alpha value is -1.10. The average Bonchev–Trinajstić information content (AvgIpc) is 2.38. The summed E-state index contributed by atoms with van der Waals surface area (Å²) in [7, 11) is 0. The second-order valence-electron chi connectivity index (χ2n) is 5.71. The summed E-state index contributed by atoms with van der Waals surface area (Å²) < 4.78 is 5.66. The molecule has 2 N–H and O–H groups in total. The molecular formula is C15H21ClN2O2. The second kappa shape index (κ2) is 6.57. The van der Waals surface area contributed by atoms with Crippen molar-refractivity contribution in [1.29, 1.82) is 0 Å². The third kappa shape index (κ3) is 4.47. The zero-order valence-corrected chi connectivity index (χ0v) is 12.7. The molecule has 0 aliphatic carbocycles. The predicted octanol–water partition coefficient (Wildman–Crippen LogP) is 2.83. The fourth-order valence-corrected chi connectivity index (χ4v) is 2.58. The topological polar surface area (TPSA) is 50.4 Å². The lowest BCUT2D eigenvalue weighted by molar-refractivity contribution is -0.116. The van der Waals surface area contributed by atoms with Crippen LogP contribution < -0.4 is 10.6 Å². The van der Waals surface area contributed by atoms with Crippen LogP contribution in [0.2, 0.25) is 5.02 Å². The zero-order valence-electron chi connectivity index (χ0n) is 11.9. The number of para-hydroxylation sites is 1. The lowest BCUT2D eigenvalue weighted by Gasteiger charge is -2.35. The SMILES string of the molecule is CC1(C)CC(NCC(=O)Nc2ccccc2Cl)CCO1. The lowest BCUT2D eigenvalue weighted by Crippen LogP contribution is -2.45. The van der Waals surface area contributed by atoms with Crippen LogP contribution >= 0.6 is 11.6 Å². The van der Waals surface area contributed by atoms with Crippen LogP contribution in [0, 0.1) is 0 Å². The Balaban J connectivity index is 1.79. The van der Waals surface area contributed by atoms with Gasteiger partial charge in [-0.15, -0.1) is 0 Å². The van der Waals surface area contributed by atoms with E-state index in [2.05, 4.69) is 24.5 Å². The molecule has 1 fully saturated rings. The molecule has 1 unspecified atom stereocenters. The van der Waals surface area contributed by atoms with E-state index < -0.39 is 0 Å². The Kier molecular flexibility index (Phi) is 5.02. The minimum absolute atomic E-state index is 0.0811. The zero-order chi connectivity index (χ0) is 14.6. The number of benzene rings is 1. The van der Waals surface area contributed by atoms with Crippen molar-refractivity contribution in [2.75, 3.05) is 18.5 Å². The van der Waals surface area contributed by atoms with Crippen LogP contribution in [-0.4, -0.2) is 30.7 Å². The molecule has 1 heterocycles. The first-order valence-electron chi connectivity index (χ1n) is 6.88. The Morgan fingerprint density at radius 3 is 2.90 bits per heavy atom. The minimum Gasteiger partial charge on any atom is -0.375 e. The molecule has 1 aromatic rings. The van der Waals surface area contributed by atoms with Gasteiger partial charge in [-0.05, 0) is 38.8 Å². The molecule has 0 aromatic heterocycles. The number of amides is 1. The predicted molar refractivity (Wildman–Crippen MR) is 81.1 cm³/mol. The maximum absolute atomic E-state index is 11.9. The van der Waals surface area contributed by atoms with Crippen LogP contribution in [0.5, 0.6) is 0 Å². The van der Waals surface area contributed by atoms with Crippen LogP contribution in [0.4, 0.5) is 5.69 Å². The van der Waals surface area contributed by atoms with Gasteiger partial charge in [0.25, 0.3) is 0 Å². The summed E-state index contributed by atoms with van der Waals surface area (Å²) >= 11 is 6.00. The molecule has 1 aliphatic heterocycles. The normalized spacial score (nSPS) is 21.4. The van der Waals surface area contributed by atoms with Crippen LogP contribution in [0.15, 0.2) is 24.3 Å². The van der Waals surface area contributed by atoms with E-state index in [1.807, 2.05) is 12.1 Å². The monoisotopic (exact) mass is 296 g/mol. The van der Waals surface area contributed by atoms with Crippen molar-refractivity contribution in [2.24, 2.45) is 0 Å². The molecule has 0 saturated carbocycles. The molecule has 4 nitrogen and oxygen atoms in total. The molecular weight excluding hydrogens is 276 g/mol. The van der Waals surface area contributed by atoms with Crippen molar-refractivity contribution in [1.82, 2.24) is 5.32 Å². The molecule has 1 aliphatic rings. The maximum Gasteiger partial charge on any atom is 0.238 e. The molecule has 2 rings (SSSR count). The van der Waals surface area contributed by atoms with E-state index in [0.29, 0.717) is 16.8 Å². The van der Waals surface area contributed by atoms with Crippen molar-refractivity contribution >= 4 is 23.2 Å². The van der Waals surface area contributed by atoms with Crippen molar-refractivity contribution in [3.05, 3.63) is 29.3 Å². The highest BCUT2D eigenvalue weighted by Gasteiger charge is 2.28. The highest BCUT2D eigenvalue weighted by atomic mass is 35.5. The Morgan fingerprint density at radius 1 is 1.45 bits per heavy atom. The van der Waals surface area contributed by atoms with Gasteiger partial charge in [-0.1, -0.05) is 23.7 Å². The summed E-state index contributed by atoms with van der Waals surface area (Å²) in [5, 5.41) is 6.64. The number of ether oxygens (including phenoxy) is 1. The summed E-state index contributed by atoms with van der Waals surface area (Å²) in [5.41, 5.74) is 0.531. The van der Waals surface area contributed by atoms with E-state index in [1.54, 1.807) is 12.1 Å². The van der Waals surface area contributed by atoms with Crippen LogP contribution in [0.25, 0.3) is 0 Å². The van der Waals surface area contributed by atoms with Crippen molar-refractivity contribution in [3.8, 4) is 0 Å². The van der Waals surface area contributed by atoms with Gasteiger partial charge in [-0.25, -0.2) is 0 Å². The Labute approximate surface area is 124 Å². The van der Waals surface area contributed by atoms with E-state index in [-0.39, 0.29) is 18.1 Å². The van der Waals surface area contributed by atoms with Gasteiger partial charge in [-0.2, -0.15) is 0 Å². The number of nitrogens with one attached hydrogen (secondary N) is 2. The fourth-order valence-electron chi connectivity index (χ4n) is 2.40. The molecule has 20 heavy (non-hydrogen) atoms. The number of halogens is 1. The van der Waals surface area contributed by atoms with E-state index >= 15 is 0 Å². The van der Waals surface area contributed by atoms with Crippen LogP contribution in [-0.2, 0) is 9.53 Å². The molecule has 110 valence electrons. The summed E-state index contributed by atoms with van der Waals surface area (Å²) in [6.45, 7) is 5.16. The van der Waals surface area contributed by atoms with E-state index in [9.17, 15) is 4.79 Å². The van der Waals surface area contributed by atoms with Gasteiger partial charge in [0.1, 0.15) is 0 Å². The lowest BCUT2D eigenvalue weighted by atomic mass is 9.94. The third-order valence-electron chi connectivity index (χ3n) is 3.40. The second-order valence-corrected chi connectivity index (χ2v) is 6.11. The molecule has 1 amide bonds. The van der Waals surface area contributed by atoms with Crippen molar-refractivity contribution < 1.29 is 9.53 Å². The van der Waals surface area contributed by atoms with Crippen LogP contribution in [0.3, 0.4) is 0 Å². The van der Waals surface area contributed by atoms with Crippen molar-refractivity contribution in [2.45, 2.75) is 38.3 Å². The number of hydrogen-bond acceptors (Lipinski definition) is 3. The number of carbonyl (C=O) groups excluding carboxylic acids is 1. The molecule has 0 bridgehead atoms. The third-order valence-corrected chi connectivity index (χ3v) is 3.73. The maximum atomic E-state index is 11.9. The standard InChI is InChI=1S/C15H21ClN2O2/c1-15(2)9-11(7-8-20-15)17-10-14(19)18-13-6-4-3-5-12(13)16/h3-6,11,17H,7-10H2,1-2H3,(H,18,19). The van der Waals surface area contributed by atoms with Gasteiger partial charge in [0.2, 0.25) is 5.91 Å². The molecule has 1 aromatic carbocycles. The quantitative estimate of drug-likeness (QED) is 0.898. The summed E-state index contributed by atoms with van der Waals surface area (Å²) in [5.74, 6) is -0.0811. The first kappa shape index (κ1) is 15.3. The van der Waals surface area contributed by atoms with Gasteiger partial charge >= 0.3 is 0 Å². The smallest absolute Gasteiger partial charge is 0.238 e. The Morgan fingerprint density at radius 2 is 2.20 bits per heavy atom. The number of anilines is 1. The van der Waals surface area contributed by atoms with Crippen LogP contribution in [0.1, 0.15) is 26.7 Å². The summed E-state index contributed by atoms with van der Waals surface area (Å²) in [4.78, 5) is 11.9. The highest BCUT2D eigenvalue weighted by Crippen LogP contribution is 2.24. The first-order chi connectivity index (χ1) is 9.46. The van der Waals surface area contributed by atoms with E-state index in [0.717, 1.165) is 19.4 Å². The summed E-state index contributed by atoms with van der Waals surface area (Å²) in [6.07, 6.45) is 1.84. The van der Waals surface area contributed by atoms with E-state index in [4.69, 9.17) is 16.3 Å². The van der Waals surface area contributed by atoms with Gasteiger partial charge in [0.15, 0.2) is 0 Å². The minimum atomic E-state index is -0.116. The number of carbonyl (C=O) groups is 1. The molecule has 1 atom stereocenters. The van der Waals surface area contributed by atoms with E-state index in [1.165, 1.54) is 0 Å². The number of rotatable bonds is 4. The van der Waals surface area contributed by atoms with Gasteiger partial charge in [0.05, 0.1) is 22.9 Å². The Bertz CT molecular complexity index is 477. The fraction of sp³-hybridized carbons (Fsp3) is 0.533. The number of hydrogen-bond donors (Lipinski definition) is 2. The first-order valence-corrected chi connectivity index (χ1v) is 7.26. The summed E-state index contributed by atoms with van der Waals surface area (Å²) in [6, 6.07) is 7.54. The van der Waals surface area contributed by atoms with Crippen molar-refractivity contribution in [3.63, 3.8) is 0 Å². The average molecular weight is 297 g/mol. The molecule has 5 heteroatoms. The highest BCUT2D eigenvalue weighted by molar-refractivity contribution is 6.33. The molecule has 0 spiro atoms. The largest absolute Gasteiger partial charge is 0.375 e. The molecule has 1 saturated heterocycles. The van der Waals surface area contributed by atoms with Gasteiger partial charge in [0, 0.05) is 12.6 Å². The molecule has 0 radical (unpaired) electrons. The van der Waals surface area contributed by atoms with Gasteiger partial charge in [-0.3, -0.25) is 4.79 Å².